The number of alkyl halides is 3. The number of hydrogen-bond donors (Lipinski definition) is 1. The van der Waals surface area contributed by atoms with Crippen molar-refractivity contribution < 1.29 is 27.5 Å². The first kappa shape index (κ1) is 19.1. The molecule has 1 aromatic carbocycles. The van der Waals surface area contributed by atoms with Gasteiger partial charge in [0, 0.05) is 18.7 Å². The molecule has 0 aliphatic carbocycles. The van der Waals surface area contributed by atoms with Gasteiger partial charge in [-0.3, -0.25) is 9.59 Å². The van der Waals surface area contributed by atoms with Crippen LogP contribution in [0.5, 0.6) is 5.75 Å². The summed E-state index contributed by atoms with van der Waals surface area (Å²) < 4.78 is 43.0. The number of carbonyl (C=O) groups is 2. The first-order valence-corrected chi connectivity index (χ1v) is 8.84. The van der Waals surface area contributed by atoms with Crippen LogP contribution in [0.4, 0.5) is 24.0 Å². The van der Waals surface area contributed by atoms with Crippen molar-refractivity contribution in [2.24, 2.45) is 5.92 Å². The molecule has 1 saturated heterocycles. The molecule has 7 nitrogen and oxygen atoms in total. The van der Waals surface area contributed by atoms with Crippen LogP contribution in [0.15, 0.2) is 24.3 Å². The molecule has 1 fully saturated rings. The number of aromatic nitrogens is 2. The predicted molar refractivity (Wildman–Crippen MR) is 91.6 cm³/mol. The number of hydrogen-bond acceptors (Lipinski definition) is 6. The summed E-state index contributed by atoms with van der Waals surface area (Å²) in [4.78, 5) is 26.0. The SMILES string of the molecule is CCOc1ccc(N2C[C@H](C(=O)Nc3nnc(C(F)(F)F)s3)CC2=O)cc1. The van der Waals surface area contributed by atoms with Gasteiger partial charge in [0.15, 0.2) is 0 Å². The first-order chi connectivity index (χ1) is 12.8. The molecule has 11 heteroatoms. The lowest BCUT2D eigenvalue weighted by molar-refractivity contribution is -0.138. The van der Waals surface area contributed by atoms with E-state index in [-0.39, 0.29) is 35.3 Å². The van der Waals surface area contributed by atoms with Crippen LogP contribution in [-0.2, 0) is 15.8 Å². The smallest absolute Gasteiger partial charge is 0.445 e. The third-order valence-electron chi connectivity index (χ3n) is 3.85. The van der Waals surface area contributed by atoms with Crippen molar-refractivity contribution >= 4 is 34.0 Å². The molecule has 1 atom stereocenters. The summed E-state index contributed by atoms with van der Waals surface area (Å²) in [5.74, 6) is -0.838. The highest BCUT2D eigenvalue weighted by Crippen LogP contribution is 2.33. The van der Waals surface area contributed by atoms with Crippen LogP contribution >= 0.6 is 11.3 Å². The number of benzene rings is 1. The van der Waals surface area contributed by atoms with Crippen LogP contribution in [-0.4, -0.2) is 35.2 Å². The van der Waals surface area contributed by atoms with Gasteiger partial charge in [0.25, 0.3) is 0 Å². The molecule has 0 unspecified atom stereocenters. The molecule has 144 valence electrons. The lowest BCUT2D eigenvalue weighted by Crippen LogP contribution is -2.28. The molecule has 2 amide bonds. The monoisotopic (exact) mass is 400 g/mol. The van der Waals surface area contributed by atoms with E-state index in [1.165, 1.54) is 4.90 Å². The van der Waals surface area contributed by atoms with E-state index in [0.717, 1.165) is 0 Å². The topological polar surface area (TPSA) is 84.4 Å². The van der Waals surface area contributed by atoms with Crippen LogP contribution in [0.25, 0.3) is 0 Å². The van der Waals surface area contributed by atoms with Crippen LogP contribution in [0, 0.1) is 5.92 Å². The zero-order chi connectivity index (χ0) is 19.6. The lowest BCUT2D eigenvalue weighted by atomic mass is 10.1. The number of carbonyl (C=O) groups excluding carboxylic acids is 2. The van der Waals surface area contributed by atoms with E-state index >= 15 is 0 Å². The third kappa shape index (κ3) is 4.35. The van der Waals surface area contributed by atoms with Gasteiger partial charge in [-0.05, 0) is 31.2 Å². The summed E-state index contributed by atoms with van der Waals surface area (Å²) in [6.45, 7) is 2.51. The number of ether oxygens (including phenoxy) is 1. The second-order valence-electron chi connectivity index (χ2n) is 5.73. The molecule has 1 aromatic heterocycles. The Bertz CT molecular complexity index is 838. The van der Waals surface area contributed by atoms with Crippen molar-refractivity contribution in [1.82, 2.24) is 10.2 Å². The molecule has 2 aromatic rings. The van der Waals surface area contributed by atoms with Gasteiger partial charge >= 0.3 is 6.18 Å². The molecular formula is C16H15F3N4O3S. The zero-order valence-electron chi connectivity index (χ0n) is 14.1. The molecule has 1 N–H and O–H groups in total. The van der Waals surface area contributed by atoms with Gasteiger partial charge in [-0.1, -0.05) is 11.3 Å². The highest BCUT2D eigenvalue weighted by molar-refractivity contribution is 7.15. The quantitative estimate of drug-likeness (QED) is 0.834. The summed E-state index contributed by atoms with van der Waals surface area (Å²) in [6, 6.07) is 6.87. The Morgan fingerprint density at radius 1 is 1.33 bits per heavy atom. The van der Waals surface area contributed by atoms with E-state index in [9.17, 15) is 22.8 Å². The fourth-order valence-corrected chi connectivity index (χ4v) is 3.23. The molecule has 1 aliphatic rings. The Hall–Kier alpha value is -2.69. The highest BCUT2D eigenvalue weighted by Gasteiger charge is 2.38. The molecule has 1 aliphatic heterocycles. The maximum absolute atomic E-state index is 12.5. The van der Waals surface area contributed by atoms with E-state index in [2.05, 4.69) is 15.5 Å². The van der Waals surface area contributed by atoms with E-state index in [4.69, 9.17) is 4.74 Å². The van der Waals surface area contributed by atoms with Gasteiger partial charge in [0.1, 0.15) is 5.75 Å². The minimum Gasteiger partial charge on any atom is -0.494 e. The number of nitrogens with one attached hydrogen (secondary N) is 1. The fourth-order valence-electron chi connectivity index (χ4n) is 2.62. The summed E-state index contributed by atoms with van der Waals surface area (Å²) in [5, 5.41) is 7.24. The molecular weight excluding hydrogens is 385 g/mol. The summed E-state index contributed by atoms with van der Waals surface area (Å²) in [5.41, 5.74) is 0.619. The van der Waals surface area contributed by atoms with Crippen molar-refractivity contribution in [2.45, 2.75) is 19.5 Å². The van der Waals surface area contributed by atoms with Crippen LogP contribution < -0.4 is 15.0 Å². The average Bonchev–Trinajstić information content (AvgIpc) is 3.22. The van der Waals surface area contributed by atoms with E-state index in [0.29, 0.717) is 18.0 Å². The van der Waals surface area contributed by atoms with Crippen LogP contribution in [0.2, 0.25) is 0 Å². The van der Waals surface area contributed by atoms with Crippen molar-refractivity contribution in [2.75, 3.05) is 23.4 Å². The second kappa shape index (κ2) is 7.51. The minimum atomic E-state index is -4.62. The highest BCUT2D eigenvalue weighted by atomic mass is 32.1. The zero-order valence-corrected chi connectivity index (χ0v) is 14.9. The third-order valence-corrected chi connectivity index (χ3v) is 4.74. The summed E-state index contributed by atoms with van der Waals surface area (Å²) >= 11 is 0.240. The Morgan fingerprint density at radius 3 is 2.63 bits per heavy atom. The molecule has 27 heavy (non-hydrogen) atoms. The maximum atomic E-state index is 12.5. The fraction of sp³-hybridized carbons (Fsp3) is 0.375. The van der Waals surface area contributed by atoms with Crippen molar-refractivity contribution in [1.29, 1.82) is 0 Å². The van der Waals surface area contributed by atoms with E-state index < -0.39 is 23.0 Å². The van der Waals surface area contributed by atoms with Gasteiger partial charge in [-0.25, -0.2) is 0 Å². The normalized spacial score (nSPS) is 17.3. The Morgan fingerprint density at radius 2 is 2.04 bits per heavy atom. The minimum absolute atomic E-state index is 0.0377. The lowest BCUT2D eigenvalue weighted by Gasteiger charge is -2.17. The molecule has 0 saturated carbocycles. The van der Waals surface area contributed by atoms with E-state index in [1.54, 1.807) is 24.3 Å². The Balaban J connectivity index is 1.64. The molecule has 3 rings (SSSR count). The standard InChI is InChI=1S/C16H15F3N4O3S/c1-2-26-11-5-3-10(4-6-11)23-8-9(7-12(23)24)13(25)20-15-22-21-14(27-15)16(17,18)19/h3-6,9H,2,7-8H2,1H3,(H,20,22,25)/t9-/m1/s1. The van der Waals surface area contributed by atoms with Gasteiger partial charge in [-0.15, -0.1) is 10.2 Å². The Labute approximate surface area is 156 Å². The number of halogens is 3. The molecule has 2 heterocycles. The number of anilines is 2. The molecule has 0 radical (unpaired) electrons. The summed E-state index contributed by atoms with van der Waals surface area (Å²) in [7, 11) is 0. The largest absolute Gasteiger partial charge is 0.494 e. The second-order valence-corrected chi connectivity index (χ2v) is 6.71. The number of rotatable bonds is 5. The van der Waals surface area contributed by atoms with Gasteiger partial charge < -0.3 is 15.0 Å². The maximum Gasteiger partial charge on any atom is 0.445 e. The molecule has 0 spiro atoms. The van der Waals surface area contributed by atoms with Gasteiger partial charge in [-0.2, -0.15) is 13.2 Å². The number of nitrogens with zero attached hydrogens (tertiary/aromatic N) is 3. The van der Waals surface area contributed by atoms with Gasteiger partial charge in [0.05, 0.1) is 12.5 Å². The average molecular weight is 400 g/mol. The Kier molecular flexibility index (Phi) is 5.31. The van der Waals surface area contributed by atoms with Crippen molar-refractivity contribution in [3.8, 4) is 5.75 Å². The van der Waals surface area contributed by atoms with Crippen LogP contribution in [0.1, 0.15) is 18.4 Å². The van der Waals surface area contributed by atoms with E-state index in [1.807, 2.05) is 6.92 Å². The van der Waals surface area contributed by atoms with Crippen LogP contribution in [0.3, 0.4) is 0 Å². The van der Waals surface area contributed by atoms with Crippen molar-refractivity contribution in [3.05, 3.63) is 29.3 Å². The summed E-state index contributed by atoms with van der Waals surface area (Å²) in [6.07, 6.45) is -4.65. The number of amides is 2. The van der Waals surface area contributed by atoms with Gasteiger partial charge in [0.2, 0.25) is 22.0 Å². The van der Waals surface area contributed by atoms with Crippen molar-refractivity contribution in [3.63, 3.8) is 0 Å². The molecule has 0 bridgehead atoms. The predicted octanol–water partition coefficient (Wildman–Crippen LogP) is 2.95. The first-order valence-electron chi connectivity index (χ1n) is 8.02.